The standard InChI is InChI=1S/C26H35ClN2O5S/c1-15(2)11-26(23(31)32)12-17(14-33-6)21(20-13-28-24(27)35-20)29(26)22(30)16-8-9-18(25(3,4)5)19(10-16)34-7/h8-10,13,15,17,21H,11-12,14H2,1-7H3,(H,31,32)/t17-,21-,26+/m1/s1. The fourth-order valence-electron chi connectivity index (χ4n) is 5.28. The highest BCUT2D eigenvalue weighted by molar-refractivity contribution is 7.15. The van der Waals surface area contributed by atoms with Gasteiger partial charge in [-0.1, -0.05) is 52.3 Å². The van der Waals surface area contributed by atoms with Gasteiger partial charge in [-0.2, -0.15) is 0 Å². The number of methoxy groups -OCH3 is 2. The van der Waals surface area contributed by atoms with E-state index in [9.17, 15) is 14.7 Å². The molecular weight excluding hydrogens is 488 g/mol. The fraction of sp³-hybridized carbons (Fsp3) is 0.577. The number of aliphatic carboxylic acids is 1. The summed E-state index contributed by atoms with van der Waals surface area (Å²) in [5, 5.41) is 10.6. The van der Waals surface area contributed by atoms with Crippen LogP contribution in [0.1, 0.15) is 74.3 Å². The average Bonchev–Trinajstić information content (AvgIpc) is 3.33. The van der Waals surface area contributed by atoms with Crippen molar-refractivity contribution in [3.8, 4) is 5.75 Å². The van der Waals surface area contributed by atoms with Gasteiger partial charge in [-0.3, -0.25) is 4.79 Å². The molecule has 1 N–H and O–H groups in total. The van der Waals surface area contributed by atoms with E-state index in [1.54, 1.807) is 37.4 Å². The molecule has 0 bridgehead atoms. The van der Waals surface area contributed by atoms with Crippen molar-refractivity contribution in [2.45, 2.75) is 64.5 Å². The Morgan fingerprint density at radius 3 is 2.49 bits per heavy atom. The van der Waals surface area contributed by atoms with Gasteiger partial charge in [-0.05, 0) is 41.9 Å². The molecule has 9 heteroatoms. The number of carbonyl (C=O) groups excluding carboxylic acids is 1. The van der Waals surface area contributed by atoms with Crippen LogP contribution in [0.15, 0.2) is 24.4 Å². The predicted molar refractivity (Wildman–Crippen MR) is 138 cm³/mol. The normalized spacial score (nSPS) is 22.6. The minimum Gasteiger partial charge on any atom is -0.496 e. The van der Waals surface area contributed by atoms with Gasteiger partial charge in [0.1, 0.15) is 11.3 Å². The quantitative estimate of drug-likeness (QED) is 0.469. The zero-order valence-electron chi connectivity index (χ0n) is 21.4. The molecule has 0 radical (unpaired) electrons. The number of carboxylic acids is 1. The predicted octanol–water partition coefficient (Wildman–Crippen LogP) is 5.82. The highest BCUT2D eigenvalue weighted by Crippen LogP contribution is 2.52. The molecule has 7 nitrogen and oxygen atoms in total. The number of benzene rings is 1. The van der Waals surface area contributed by atoms with E-state index in [2.05, 4.69) is 25.8 Å². The third-order valence-corrected chi connectivity index (χ3v) is 7.76. The molecule has 3 rings (SSSR count). The fourth-order valence-corrected chi connectivity index (χ4v) is 6.42. The summed E-state index contributed by atoms with van der Waals surface area (Å²) in [6.07, 6.45) is 2.23. The maximum Gasteiger partial charge on any atom is 0.329 e. The molecule has 0 aliphatic carbocycles. The first kappa shape index (κ1) is 27.4. The van der Waals surface area contributed by atoms with Crippen LogP contribution in [0.25, 0.3) is 0 Å². The Labute approximate surface area is 216 Å². The lowest BCUT2D eigenvalue weighted by atomic mass is 9.83. The summed E-state index contributed by atoms with van der Waals surface area (Å²) < 4.78 is 11.5. The highest BCUT2D eigenvalue weighted by atomic mass is 35.5. The van der Waals surface area contributed by atoms with E-state index in [0.717, 1.165) is 10.4 Å². The average molecular weight is 523 g/mol. The number of hydrogen-bond acceptors (Lipinski definition) is 6. The van der Waals surface area contributed by atoms with Crippen molar-refractivity contribution in [2.24, 2.45) is 11.8 Å². The topological polar surface area (TPSA) is 89.0 Å². The number of hydrogen-bond donors (Lipinski definition) is 1. The van der Waals surface area contributed by atoms with E-state index in [-0.39, 0.29) is 29.6 Å². The Hall–Kier alpha value is -2.16. The van der Waals surface area contributed by atoms with Crippen LogP contribution in [0.5, 0.6) is 5.75 Å². The molecule has 0 saturated carbocycles. The molecule has 1 aliphatic rings. The molecule has 0 unspecified atom stereocenters. The Morgan fingerprint density at radius 2 is 2.00 bits per heavy atom. The van der Waals surface area contributed by atoms with Crippen LogP contribution >= 0.6 is 22.9 Å². The molecule has 1 aliphatic heterocycles. The maximum absolute atomic E-state index is 14.2. The minimum absolute atomic E-state index is 0.0474. The number of thiazole rings is 1. The summed E-state index contributed by atoms with van der Waals surface area (Å²) in [5.41, 5.74) is -0.240. The number of carboxylic acid groups (broad SMARTS) is 1. The first-order valence-corrected chi connectivity index (χ1v) is 12.9. The lowest BCUT2D eigenvalue weighted by molar-refractivity contribution is -0.150. The van der Waals surface area contributed by atoms with Crippen LogP contribution in [-0.2, 0) is 14.9 Å². The number of likely N-dealkylation sites (tertiary alicyclic amines) is 1. The molecule has 3 atom stereocenters. The van der Waals surface area contributed by atoms with Crippen molar-refractivity contribution in [1.29, 1.82) is 0 Å². The SMILES string of the molecule is COC[C@H]1C[C@@](CC(C)C)(C(=O)O)N(C(=O)c2ccc(C(C)(C)C)c(OC)c2)[C@H]1c1cnc(Cl)s1. The monoisotopic (exact) mass is 522 g/mol. The molecule has 1 fully saturated rings. The summed E-state index contributed by atoms with van der Waals surface area (Å²) in [6, 6.07) is 4.83. The Balaban J connectivity index is 2.22. The second-order valence-corrected chi connectivity index (χ2v) is 12.3. The van der Waals surface area contributed by atoms with Crippen LogP contribution in [0.2, 0.25) is 4.47 Å². The summed E-state index contributed by atoms with van der Waals surface area (Å²) in [6.45, 7) is 10.5. The van der Waals surface area contributed by atoms with E-state index < -0.39 is 17.6 Å². The summed E-state index contributed by atoms with van der Waals surface area (Å²) in [4.78, 5) is 33.7. The summed E-state index contributed by atoms with van der Waals surface area (Å²) in [5.74, 6) is -0.965. The van der Waals surface area contributed by atoms with Crippen LogP contribution in [0, 0.1) is 11.8 Å². The number of aromatic nitrogens is 1. The van der Waals surface area contributed by atoms with Crippen molar-refractivity contribution < 1.29 is 24.2 Å². The van der Waals surface area contributed by atoms with Gasteiger partial charge >= 0.3 is 5.97 Å². The van der Waals surface area contributed by atoms with Crippen molar-refractivity contribution >= 4 is 34.8 Å². The Kier molecular flexibility index (Phi) is 8.19. The molecule has 2 aromatic rings. The van der Waals surface area contributed by atoms with Crippen LogP contribution in [0.4, 0.5) is 0 Å². The molecule has 1 saturated heterocycles. The number of rotatable bonds is 8. The van der Waals surface area contributed by atoms with Gasteiger partial charge in [0.15, 0.2) is 4.47 Å². The smallest absolute Gasteiger partial charge is 0.329 e. The van der Waals surface area contributed by atoms with Crippen LogP contribution in [-0.4, -0.2) is 53.2 Å². The molecule has 0 spiro atoms. The largest absolute Gasteiger partial charge is 0.496 e. The van der Waals surface area contributed by atoms with Crippen molar-refractivity contribution in [2.75, 3.05) is 20.8 Å². The first-order chi connectivity index (χ1) is 16.4. The second-order valence-electron chi connectivity index (χ2n) is 10.7. The molecule has 1 aromatic heterocycles. The highest BCUT2D eigenvalue weighted by Gasteiger charge is 2.59. The number of nitrogens with zero attached hydrogens (tertiary/aromatic N) is 2. The van der Waals surface area contributed by atoms with E-state index in [1.165, 1.54) is 11.3 Å². The Morgan fingerprint density at radius 1 is 1.31 bits per heavy atom. The van der Waals surface area contributed by atoms with Crippen LogP contribution < -0.4 is 4.74 Å². The molecule has 1 aromatic carbocycles. The van der Waals surface area contributed by atoms with E-state index in [1.807, 2.05) is 19.9 Å². The minimum atomic E-state index is -1.40. The zero-order chi connectivity index (χ0) is 26.1. The number of ether oxygens (including phenoxy) is 2. The number of halogens is 1. The van der Waals surface area contributed by atoms with Crippen molar-refractivity contribution in [3.63, 3.8) is 0 Å². The van der Waals surface area contributed by atoms with Gasteiger partial charge in [0.25, 0.3) is 5.91 Å². The summed E-state index contributed by atoms with van der Waals surface area (Å²) >= 11 is 7.43. The molecule has 2 heterocycles. The first-order valence-electron chi connectivity index (χ1n) is 11.7. The zero-order valence-corrected chi connectivity index (χ0v) is 23.0. The second kappa shape index (κ2) is 10.4. The summed E-state index contributed by atoms with van der Waals surface area (Å²) in [7, 11) is 3.16. The molecule has 1 amide bonds. The number of carbonyl (C=O) groups is 2. The van der Waals surface area contributed by atoms with Gasteiger partial charge in [-0.15, -0.1) is 11.3 Å². The van der Waals surface area contributed by atoms with Crippen molar-refractivity contribution in [3.05, 3.63) is 44.9 Å². The molecular formula is C26H35ClN2O5S. The lowest BCUT2D eigenvalue weighted by Crippen LogP contribution is -2.54. The van der Waals surface area contributed by atoms with Crippen molar-refractivity contribution in [1.82, 2.24) is 9.88 Å². The van der Waals surface area contributed by atoms with Gasteiger partial charge in [0, 0.05) is 29.7 Å². The van der Waals surface area contributed by atoms with E-state index >= 15 is 0 Å². The van der Waals surface area contributed by atoms with Gasteiger partial charge in [0.05, 0.1) is 19.8 Å². The lowest BCUT2D eigenvalue weighted by Gasteiger charge is -2.39. The third kappa shape index (κ3) is 5.34. The van der Waals surface area contributed by atoms with Crippen LogP contribution in [0.3, 0.4) is 0 Å². The van der Waals surface area contributed by atoms with Gasteiger partial charge < -0.3 is 19.5 Å². The molecule has 35 heavy (non-hydrogen) atoms. The van der Waals surface area contributed by atoms with Gasteiger partial charge in [-0.25, -0.2) is 9.78 Å². The Bertz CT molecular complexity index is 1080. The third-order valence-electron chi connectivity index (χ3n) is 6.57. The van der Waals surface area contributed by atoms with Gasteiger partial charge in [0.2, 0.25) is 0 Å². The van der Waals surface area contributed by atoms with E-state index in [4.69, 9.17) is 21.1 Å². The number of amides is 1. The van der Waals surface area contributed by atoms with E-state index in [0.29, 0.717) is 28.8 Å². The molecule has 192 valence electrons. The maximum atomic E-state index is 14.2.